The number of carbonyl (C=O) groups is 1. The number of benzene rings is 4. The zero-order valence-corrected chi connectivity index (χ0v) is 22.9. The maximum atomic E-state index is 14.8. The summed E-state index contributed by atoms with van der Waals surface area (Å²) in [5, 5.41) is 7.95. The molecule has 0 fully saturated rings. The van der Waals surface area contributed by atoms with Gasteiger partial charge in [0.1, 0.15) is 11.2 Å². The number of amides is 1. The molecular weight excluding hydrogens is 504 g/mol. The average Bonchev–Trinajstić information content (AvgIpc) is 3.19. The van der Waals surface area contributed by atoms with Crippen LogP contribution in [-0.4, -0.2) is 21.6 Å². The zero-order chi connectivity index (χ0) is 27.1. The lowest BCUT2D eigenvalue weighted by molar-refractivity contribution is -0.120. The molecular formula is C32H28N4O2S. The first kappa shape index (κ1) is 23.9. The van der Waals surface area contributed by atoms with E-state index in [0.29, 0.717) is 35.8 Å². The van der Waals surface area contributed by atoms with Gasteiger partial charge in [-0.2, -0.15) is 0 Å². The molecule has 4 aromatic carbocycles. The van der Waals surface area contributed by atoms with Crippen LogP contribution < -0.4 is 15.8 Å². The maximum absolute atomic E-state index is 14.8. The number of aromatic nitrogens is 2. The van der Waals surface area contributed by atoms with Crippen LogP contribution in [0.25, 0.3) is 21.5 Å². The van der Waals surface area contributed by atoms with Crippen LogP contribution in [0.15, 0.2) is 77.6 Å². The Labute approximate surface area is 231 Å². The molecule has 6 nitrogen and oxygen atoms in total. The van der Waals surface area contributed by atoms with Crippen molar-refractivity contribution in [3.63, 3.8) is 0 Å². The van der Waals surface area contributed by atoms with Crippen LogP contribution in [0.3, 0.4) is 0 Å². The number of nitrogens with zero attached hydrogens (tertiary/aromatic N) is 3. The van der Waals surface area contributed by atoms with Gasteiger partial charge in [0.05, 0.1) is 5.56 Å². The van der Waals surface area contributed by atoms with Gasteiger partial charge in [0.15, 0.2) is 4.77 Å². The predicted octanol–water partition coefficient (Wildman–Crippen LogP) is 6.48. The van der Waals surface area contributed by atoms with Crippen LogP contribution in [0.4, 0.5) is 17.2 Å². The van der Waals surface area contributed by atoms with E-state index in [0.717, 1.165) is 44.0 Å². The highest BCUT2D eigenvalue weighted by molar-refractivity contribution is 7.71. The summed E-state index contributed by atoms with van der Waals surface area (Å²) < 4.78 is 4.02. The minimum absolute atomic E-state index is 0.102. The molecule has 2 aliphatic heterocycles. The van der Waals surface area contributed by atoms with Crippen LogP contribution in [0.1, 0.15) is 37.5 Å². The molecule has 1 N–H and O–H groups in total. The topological polar surface area (TPSA) is 59.3 Å². The quantitative estimate of drug-likeness (QED) is 0.213. The number of hydrogen-bond acceptors (Lipinski definition) is 4. The Kier molecular flexibility index (Phi) is 5.13. The van der Waals surface area contributed by atoms with E-state index < -0.39 is 5.41 Å². The number of fused-ring (bicyclic) bond motifs is 8. The van der Waals surface area contributed by atoms with Gasteiger partial charge < -0.3 is 14.8 Å². The normalized spacial score (nSPS) is 17.4. The maximum Gasteiger partial charge on any atom is 0.261 e. The van der Waals surface area contributed by atoms with Crippen molar-refractivity contribution in [2.75, 3.05) is 16.8 Å². The number of rotatable bonds is 3. The molecule has 0 unspecified atom stereocenters. The highest BCUT2D eigenvalue weighted by Crippen LogP contribution is 2.56. The van der Waals surface area contributed by atoms with Gasteiger partial charge in [0.2, 0.25) is 5.91 Å². The summed E-state index contributed by atoms with van der Waals surface area (Å²) in [6.07, 6.45) is 0. The number of para-hydroxylation sites is 1. The minimum Gasteiger partial charge on any atom is -0.341 e. The zero-order valence-electron chi connectivity index (χ0n) is 22.1. The van der Waals surface area contributed by atoms with Crippen molar-refractivity contribution in [3.8, 4) is 0 Å². The fourth-order valence-electron chi connectivity index (χ4n) is 6.68. The largest absolute Gasteiger partial charge is 0.341 e. The lowest BCUT2D eigenvalue weighted by Crippen LogP contribution is -2.49. The number of likely N-dealkylation sites (N-methyl/N-ethyl adjacent to an activating group) is 1. The van der Waals surface area contributed by atoms with Gasteiger partial charge in [-0.3, -0.25) is 14.2 Å². The molecule has 1 amide bonds. The van der Waals surface area contributed by atoms with Crippen LogP contribution in [0.5, 0.6) is 0 Å². The van der Waals surface area contributed by atoms with Crippen LogP contribution in [0, 0.1) is 4.77 Å². The Balaban J connectivity index is 1.70. The van der Waals surface area contributed by atoms with E-state index in [2.05, 4.69) is 41.7 Å². The summed E-state index contributed by atoms with van der Waals surface area (Å²) in [7, 11) is 0. The van der Waals surface area contributed by atoms with Gasteiger partial charge in [-0.05, 0) is 84.9 Å². The number of anilines is 3. The van der Waals surface area contributed by atoms with Crippen molar-refractivity contribution < 1.29 is 4.79 Å². The van der Waals surface area contributed by atoms with Crippen LogP contribution >= 0.6 is 12.2 Å². The third-order valence-corrected chi connectivity index (χ3v) is 8.86. The van der Waals surface area contributed by atoms with Crippen molar-refractivity contribution in [2.45, 2.75) is 39.3 Å². The summed E-state index contributed by atoms with van der Waals surface area (Å²) in [6.45, 7) is 7.40. The van der Waals surface area contributed by atoms with Gasteiger partial charge in [-0.25, -0.2) is 0 Å². The second-order valence-electron chi connectivity index (χ2n) is 10.2. The third-order valence-electron chi connectivity index (χ3n) is 8.41. The predicted molar refractivity (Wildman–Crippen MR) is 160 cm³/mol. The molecule has 194 valence electrons. The molecule has 39 heavy (non-hydrogen) atoms. The highest BCUT2D eigenvalue weighted by atomic mass is 32.1. The molecule has 7 heteroatoms. The Morgan fingerprint density at radius 1 is 0.744 bits per heavy atom. The SMILES string of the molecule is CCN1C(=O)[C@]2(c3cc4cc5ccccc5cc4cc3Nc3c2c(=O)n(CC)c(=S)n3CC)c2ccccc21. The van der Waals surface area contributed by atoms with Crippen molar-refractivity contribution in [1.29, 1.82) is 0 Å². The van der Waals surface area contributed by atoms with Crippen molar-refractivity contribution >= 4 is 56.9 Å². The van der Waals surface area contributed by atoms with E-state index in [-0.39, 0.29) is 11.5 Å². The molecule has 0 saturated carbocycles. The summed E-state index contributed by atoms with van der Waals surface area (Å²) in [6, 6.07) is 24.7. The molecule has 0 radical (unpaired) electrons. The molecule has 5 aromatic rings. The molecule has 7 rings (SSSR count). The summed E-state index contributed by atoms with van der Waals surface area (Å²) in [4.78, 5) is 31.0. The van der Waals surface area contributed by atoms with E-state index in [1.54, 1.807) is 4.57 Å². The lowest BCUT2D eigenvalue weighted by atomic mass is 9.68. The third kappa shape index (κ3) is 2.93. The highest BCUT2D eigenvalue weighted by Gasteiger charge is 2.58. The van der Waals surface area contributed by atoms with Crippen molar-refractivity contribution in [3.05, 3.63) is 105 Å². The van der Waals surface area contributed by atoms with Gasteiger partial charge in [-0.1, -0.05) is 42.5 Å². The fraction of sp³-hybridized carbons (Fsp3) is 0.219. The standard InChI is InChI=1S/C32H28N4O2S/c1-4-34-26-14-10-9-13-23(26)32(30(34)38)24-17-21-15-19-11-7-8-12-20(19)16-22(21)18-25(24)33-28-27(32)29(37)36(6-3)31(39)35(28)5-2/h7-18,33H,4-6H2,1-3H3/t32-/m0/s1. The molecule has 2 aliphatic rings. The molecule has 0 bridgehead atoms. The van der Waals surface area contributed by atoms with E-state index in [1.807, 2.05) is 66.6 Å². The van der Waals surface area contributed by atoms with E-state index in [1.165, 1.54) is 0 Å². The molecule has 1 aromatic heterocycles. The van der Waals surface area contributed by atoms with E-state index in [9.17, 15) is 9.59 Å². The Hall–Kier alpha value is -4.23. The van der Waals surface area contributed by atoms with Crippen molar-refractivity contribution in [1.82, 2.24) is 9.13 Å². The Morgan fingerprint density at radius 2 is 1.38 bits per heavy atom. The van der Waals surface area contributed by atoms with Gasteiger partial charge in [-0.15, -0.1) is 0 Å². The molecule has 0 aliphatic carbocycles. The monoisotopic (exact) mass is 532 g/mol. The number of nitrogens with one attached hydrogen (secondary N) is 1. The summed E-state index contributed by atoms with van der Waals surface area (Å²) in [5.41, 5.74) is 2.22. The first-order valence-corrected chi connectivity index (χ1v) is 13.9. The fourth-order valence-corrected chi connectivity index (χ4v) is 7.11. The van der Waals surface area contributed by atoms with Gasteiger partial charge >= 0.3 is 0 Å². The Bertz CT molecular complexity index is 1990. The van der Waals surface area contributed by atoms with E-state index >= 15 is 0 Å². The smallest absolute Gasteiger partial charge is 0.261 e. The van der Waals surface area contributed by atoms with Gasteiger partial charge in [0, 0.05) is 42.1 Å². The number of hydrogen-bond donors (Lipinski definition) is 1. The minimum atomic E-state index is -1.30. The second kappa shape index (κ2) is 8.38. The van der Waals surface area contributed by atoms with Gasteiger partial charge in [0.25, 0.3) is 5.56 Å². The van der Waals surface area contributed by atoms with Crippen LogP contribution in [0.2, 0.25) is 0 Å². The molecule has 1 atom stereocenters. The van der Waals surface area contributed by atoms with Crippen molar-refractivity contribution in [2.24, 2.45) is 0 Å². The molecule has 0 saturated heterocycles. The average molecular weight is 533 g/mol. The molecule has 3 heterocycles. The van der Waals surface area contributed by atoms with Crippen LogP contribution in [-0.2, 0) is 23.3 Å². The molecule has 1 spiro atoms. The van der Waals surface area contributed by atoms with E-state index in [4.69, 9.17) is 12.2 Å². The Morgan fingerprint density at radius 3 is 2.05 bits per heavy atom. The lowest BCUT2D eigenvalue weighted by Gasteiger charge is -2.38. The first-order chi connectivity index (χ1) is 18.9. The number of carbonyl (C=O) groups excluding carboxylic acids is 1. The second-order valence-corrected chi connectivity index (χ2v) is 10.6. The first-order valence-electron chi connectivity index (χ1n) is 13.5. The summed E-state index contributed by atoms with van der Waals surface area (Å²) in [5.74, 6) is 0.501. The summed E-state index contributed by atoms with van der Waals surface area (Å²) >= 11 is 5.80.